The van der Waals surface area contributed by atoms with E-state index in [2.05, 4.69) is 6.92 Å². The summed E-state index contributed by atoms with van der Waals surface area (Å²) < 4.78 is 18.2. The van der Waals surface area contributed by atoms with Gasteiger partial charge in [-0.15, -0.1) is 0 Å². The zero-order valence-corrected chi connectivity index (χ0v) is 23.7. The number of aromatic nitrogens is 1. The Labute approximate surface area is 240 Å². The number of nitrogens with zero attached hydrogens (tertiary/aromatic N) is 2. The lowest BCUT2D eigenvalue weighted by Crippen LogP contribution is -2.31. The van der Waals surface area contributed by atoms with Crippen molar-refractivity contribution < 1.29 is 28.6 Å². The van der Waals surface area contributed by atoms with Crippen LogP contribution in [0.1, 0.15) is 47.5 Å². The van der Waals surface area contributed by atoms with Crippen molar-refractivity contribution in [3.63, 3.8) is 0 Å². The first kappa shape index (κ1) is 26.6. The van der Waals surface area contributed by atoms with E-state index in [-0.39, 0.29) is 11.3 Å². The van der Waals surface area contributed by atoms with Crippen LogP contribution >= 0.6 is 11.3 Å². The maximum Gasteiger partial charge on any atom is 0.296 e. The van der Waals surface area contributed by atoms with E-state index in [1.54, 1.807) is 30.3 Å². The van der Waals surface area contributed by atoms with Crippen LogP contribution in [-0.2, 0) is 4.79 Å². The zero-order chi connectivity index (χ0) is 28.7. The average molecular weight is 569 g/mol. The molecule has 1 N–H and O–H groups in total. The number of thiazole rings is 1. The monoisotopic (exact) mass is 568 g/mol. The standard InChI is InChI=1S/C32H28N2O6S/c1-4-5-14-39-21-10-6-8-19(16-21)27-26(28(35)24-17-20-9-7-11-23(38-3)30(20)40-24)29(36)31(37)34(27)32-33-22-13-12-18(2)15-25(22)41-32/h6-13,15-17,27,36H,4-5,14H2,1-3H3. The van der Waals surface area contributed by atoms with E-state index in [1.807, 2.05) is 43.3 Å². The molecule has 0 radical (unpaired) electrons. The second-order valence-electron chi connectivity index (χ2n) is 9.90. The van der Waals surface area contributed by atoms with Crippen LogP contribution in [-0.4, -0.2) is 35.5 Å². The molecule has 0 aliphatic carbocycles. The molecule has 208 valence electrons. The number of furan rings is 1. The number of hydrogen-bond donors (Lipinski definition) is 1. The van der Waals surface area contributed by atoms with Crippen LogP contribution in [0.3, 0.4) is 0 Å². The minimum atomic E-state index is -0.957. The Bertz CT molecular complexity index is 1830. The van der Waals surface area contributed by atoms with Gasteiger partial charge in [0.2, 0.25) is 5.78 Å². The number of ketones is 1. The molecule has 1 aliphatic heterocycles. The topological polar surface area (TPSA) is 102 Å². The normalized spacial score (nSPS) is 15.3. The highest BCUT2D eigenvalue weighted by Crippen LogP contribution is 2.45. The van der Waals surface area contributed by atoms with Gasteiger partial charge in [-0.25, -0.2) is 4.98 Å². The fourth-order valence-electron chi connectivity index (χ4n) is 5.02. The first-order chi connectivity index (χ1) is 19.9. The summed E-state index contributed by atoms with van der Waals surface area (Å²) >= 11 is 1.33. The molecule has 1 unspecified atom stereocenters. The molecule has 5 aromatic rings. The lowest BCUT2D eigenvalue weighted by Gasteiger charge is -2.24. The highest BCUT2D eigenvalue weighted by atomic mass is 32.1. The van der Waals surface area contributed by atoms with Gasteiger partial charge in [-0.1, -0.05) is 55.0 Å². The van der Waals surface area contributed by atoms with Crippen LogP contribution in [0.5, 0.6) is 11.5 Å². The van der Waals surface area contributed by atoms with E-state index in [9.17, 15) is 14.7 Å². The van der Waals surface area contributed by atoms with E-state index >= 15 is 0 Å². The van der Waals surface area contributed by atoms with Gasteiger partial charge >= 0.3 is 0 Å². The first-order valence-corrected chi connectivity index (χ1v) is 14.2. The molecule has 0 fully saturated rings. The van der Waals surface area contributed by atoms with Crippen molar-refractivity contribution in [3.8, 4) is 11.5 Å². The molecule has 2 aromatic heterocycles. The van der Waals surface area contributed by atoms with Crippen LogP contribution in [0, 0.1) is 6.92 Å². The van der Waals surface area contributed by atoms with Crippen molar-refractivity contribution in [2.24, 2.45) is 0 Å². The molecule has 1 amide bonds. The summed E-state index contributed by atoms with van der Waals surface area (Å²) in [5, 5.41) is 12.3. The number of amides is 1. The molecular formula is C32H28N2O6S. The number of anilines is 1. The molecule has 6 rings (SSSR count). The van der Waals surface area contributed by atoms with Gasteiger partial charge in [0.15, 0.2) is 28.0 Å². The number of unbranched alkanes of at least 4 members (excludes halogenated alkanes) is 1. The minimum absolute atomic E-state index is 0.0130. The number of carbonyl (C=O) groups is 2. The third kappa shape index (κ3) is 4.72. The van der Waals surface area contributed by atoms with Crippen molar-refractivity contribution >= 4 is 49.3 Å². The number of carbonyl (C=O) groups excluding carboxylic acids is 2. The number of aliphatic hydroxyl groups excluding tert-OH is 1. The third-order valence-corrected chi connectivity index (χ3v) is 8.10. The molecule has 0 bridgehead atoms. The number of aliphatic hydroxyl groups is 1. The second-order valence-corrected chi connectivity index (χ2v) is 10.9. The SMILES string of the molecule is CCCCOc1cccc(C2C(C(=O)c3cc4cccc(OC)c4o3)=C(O)C(=O)N2c2nc3ccc(C)cc3s2)c1. The van der Waals surface area contributed by atoms with E-state index in [0.717, 1.165) is 28.6 Å². The molecule has 1 aliphatic rings. The van der Waals surface area contributed by atoms with Gasteiger partial charge in [0.25, 0.3) is 5.91 Å². The van der Waals surface area contributed by atoms with E-state index in [4.69, 9.17) is 18.9 Å². The van der Waals surface area contributed by atoms with Crippen LogP contribution < -0.4 is 14.4 Å². The number of rotatable bonds is 9. The maximum atomic E-state index is 14.1. The predicted octanol–water partition coefficient (Wildman–Crippen LogP) is 7.32. The number of fused-ring (bicyclic) bond motifs is 2. The Morgan fingerprint density at radius 2 is 1.95 bits per heavy atom. The Balaban J connectivity index is 1.48. The van der Waals surface area contributed by atoms with Crippen molar-refractivity contribution in [2.45, 2.75) is 32.7 Å². The summed E-state index contributed by atoms with van der Waals surface area (Å²) in [4.78, 5) is 33.9. The number of aryl methyl sites for hydroxylation is 1. The van der Waals surface area contributed by atoms with Crippen molar-refractivity contribution in [3.05, 3.63) is 94.9 Å². The van der Waals surface area contributed by atoms with Crippen molar-refractivity contribution in [1.29, 1.82) is 0 Å². The van der Waals surface area contributed by atoms with Crippen LogP contribution in [0.25, 0.3) is 21.2 Å². The smallest absolute Gasteiger partial charge is 0.296 e. The molecule has 9 heteroatoms. The largest absolute Gasteiger partial charge is 0.503 e. The summed E-state index contributed by atoms with van der Waals surface area (Å²) in [7, 11) is 1.52. The van der Waals surface area contributed by atoms with Crippen molar-refractivity contribution in [1.82, 2.24) is 4.98 Å². The van der Waals surface area contributed by atoms with Gasteiger partial charge in [-0.2, -0.15) is 0 Å². The Hall–Kier alpha value is -4.63. The van der Waals surface area contributed by atoms with Crippen LogP contribution in [0.4, 0.5) is 5.13 Å². The van der Waals surface area contributed by atoms with Gasteiger partial charge in [0.05, 0.1) is 35.5 Å². The van der Waals surface area contributed by atoms with Gasteiger partial charge < -0.3 is 19.0 Å². The van der Waals surface area contributed by atoms with Crippen LogP contribution in [0.15, 0.2) is 82.5 Å². The van der Waals surface area contributed by atoms with Gasteiger partial charge in [0.1, 0.15) is 5.75 Å². The zero-order valence-electron chi connectivity index (χ0n) is 22.8. The number of benzene rings is 3. The molecule has 41 heavy (non-hydrogen) atoms. The molecule has 0 saturated heterocycles. The number of ether oxygens (including phenoxy) is 2. The average Bonchev–Trinajstić information content (AvgIpc) is 3.67. The third-order valence-electron chi connectivity index (χ3n) is 7.08. The lowest BCUT2D eigenvalue weighted by atomic mass is 9.95. The number of methoxy groups -OCH3 is 1. The Morgan fingerprint density at radius 3 is 2.76 bits per heavy atom. The van der Waals surface area contributed by atoms with E-state index in [0.29, 0.717) is 39.8 Å². The summed E-state index contributed by atoms with van der Waals surface area (Å²) in [6.45, 7) is 4.61. The summed E-state index contributed by atoms with van der Waals surface area (Å²) in [6, 6.07) is 19.1. The van der Waals surface area contributed by atoms with Crippen molar-refractivity contribution in [2.75, 3.05) is 18.6 Å². The lowest BCUT2D eigenvalue weighted by molar-refractivity contribution is -0.117. The summed E-state index contributed by atoms with van der Waals surface area (Å²) in [6.07, 6.45) is 1.88. The fraction of sp³-hybridized carbons (Fsp3) is 0.219. The maximum absolute atomic E-state index is 14.1. The summed E-state index contributed by atoms with van der Waals surface area (Å²) in [5.74, 6) is -0.880. The molecule has 3 aromatic carbocycles. The highest BCUT2D eigenvalue weighted by molar-refractivity contribution is 7.22. The van der Waals surface area contributed by atoms with E-state index in [1.165, 1.54) is 23.3 Å². The van der Waals surface area contributed by atoms with E-state index < -0.39 is 23.5 Å². The highest BCUT2D eigenvalue weighted by Gasteiger charge is 2.46. The predicted molar refractivity (Wildman–Crippen MR) is 158 cm³/mol. The van der Waals surface area contributed by atoms with Gasteiger partial charge in [-0.05, 0) is 60.9 Å². The first-order valence-electron chi connectivity index (χ1n) is 13.4. The number of para-hydroxylation sites is 1. The second kappa shape index (κ2) is 10.7. The quantitative estimate of drug-likeness (QED) is 0.147. The molecule has 1 atom stereocenters. The minimum Gasteiger partial charge on any atom is -0.503 e. The Kier molecular flexibility index (Phi) is 6.96. The fourth-order valence-corrected chi connectivity index (χ4v) is 6.11. The molecule has 3 heterocycles. The van der Waals surface area contributed by atoms with Gasteiger partial charge in [0, 0.05) is 5.39 Å². The molecule has 0 spiro atoms. The van der Waals surface area contributed by atoms with Crippen LogP contribution in [0.2, 0.25) is 0 Å². The summed E-state index contributed by atoms with van der Waals surface area (Å²) in [5.41, 5.74) is 2.70. The van der Waals surface area contributed by atoms with Gasteiger partial charge in [-0.3, -0.25) is 14.5 Å². The number of Topliss-reactive ketones (excluding diaryl/α,β-unsaturated/α-hetero) is 1. The Morgan fingerprint density at radius 1 is 1.12 bits per heavy atom. The molecule has 8 nitrogen and oxygen atoms in total. The molecule has 0 saturated carbocycles. The number of hydrogen-bond acceptors (Lipinski definition) is 8. The molecular weight excluding hydrogens is 540 g/mol.